The summed E-state index contributed by atoms with van der Waals surface area (Å²) in [7, 11) is 0. The third-order valence-corrected chi connectivity index (χ3v) is 7.68. The number of aromatic nitrogens is 5. The Balaban J connectivity index is 1.18. The summed E-state index contributed by atoms with van der Waals surface area (Å²) in [6.07, 6.45) is 7.26. The number of nitrogens with one attached hydrogen (secondary N) is 1. The van der Waals surface area contributed by atoms with Crippen LogP contribution in [-0.2, 0) is 11.0 Å². The van der Waals surface area contributed by atoms with Crippen molar-refractivity contribution in [2.45, 2.75) is 50.0 Å². The number of rotatable bonds is 6. The summed E-state index contributed by atoms with van der Waals surface area (Å²) in [6, 6.07) is 0.429. The Morgan fingerprint density at radius 2 is 1.74 bits per heavy atom. The van der Waals surface area contributed by atoms with Crippen LogP contribution in [0.25, 0.3) is 5.52 Å². The fourth-order valence-corrected chi connectivity index (χ4v) is 5.99. The van der Waals surface area contributed by atoms with Crippen molar-refractivity contribution >= 4 is 29.5 Å². The average Bonchev–Trinajstić information content (AvgIpc) is 3.46. The van der Waals surface area contributed by atoms with Crippen molar-refractivity contribution in [3.8, 4) is 0 Å². The van der Waals surface area contributed by atoms with Gasteiger partial charge in [-0.25, -0.2) is 19.9 Å². The van der Waals surface area contributed by atoms with Crippen molar-refractivity contribution in [2.24, 2.45) is 0 Å². The van der Waals surface area contributed by atoms with Gasteiger partial charge in [0.05, 0.1) is 17.5 Å². The van der Waals surface area contributed by atoms with Crippen LogP contribution < -0.4 is 15.1 Å². The number of nitrogens with zero attached hydrogens (tertiary/aromatic N) is 8. The number of allylic oxidation sites excluding steroid dienone is 1. The molecule has 2 unspecified atom stereocenters. The molecule has 3 aromatic rings. The summed E-state index contributed by atoms with van der Waals surface area (Å²) < 4.78 is 40.5. The van der Waals surface area contributed by atoms with Gasteiger partial charge in [-0.05, 0) is 25.7 Å². The summed E-state index contributed by atoms with van der Waals surface area (Å²) in [5.74, 6) is 1.83. The number of hydrogen-bond donors (Lipinski definition) is 1. The number of alkyl halides is 3. The molecule has 3 aliphatic heterocycles. The zero-order valence-electron chi connectivity index (χ0n) is 20.7. The molecule has 0 aromatic carbocycles. The van der Waals surface area contributed by atoms with E-state index in [0.29, 0.717) is 12.2 Å². The molecule has 3 atom stereocenters. The maximum Gasteiger partial charge on any atom is 0.419 e. The molecule has 0 aliphatic carbocycles. The molecule has 3 saturated heterocycles. The number of aldehydes is 1. The Morgan fingerprint density at radius 1 is 1.00 bits per heavy atom. The molecule has 6 heterocycles. The van der Waals surface area contributed by atoms with Crippen molar-refractivity contribution in [1.82, 2.24) is 29.2 Å². The second-order valence-corrected chi connectivity index (χ2v) is 10.1. The minimum atomic E-state index is -4.47. The summed E-state index contributed by atoms with van der Waals surface area (Å²) >= 11 is 0. The predicted molar refractivity (Wildman–Crippen MR) is 135 cm³/mol. The normalized spacial score (nSPS) is 23.7. The molecule has 10 nitrogen and oxygen atoms in total. The van der Waals surface area contributed by atoms with Gasteiger partial charge in [0.25, 0.3) is 0 Å². The molecule has 1 N–H and O–H groups in total. The quantitative estimate of drug-likeness (QED) is 0.384. The number of imidazole rings is 1. The summed E-state index contributed by atoms with van der Waals surface area (Å²) in [5.41, 5.74) is 0.584. The maximum atomic E-state index is 12.8. The summed E-state index contributed by atoms with van der Waals surface area (Å²) in [4.78, 5) is 35.1. The van der Waals surface area contributed by atoms with Crippen molar-refractivity contribution in [1.29, 1.82) is 0 Å². The van der Waals surface area contributed by atoms with Gasteiger partial charge in [-0.2, -0.15) is 13.2 Å². The van der Waals surface area contributed by atoms with Crippen LogP contribution in [0.15, 0.2) is 43.3 Å². The van der Waals surface area contributed by atoms with E-state index in [1.807, 2.05) is 16.8 Å². The van der Waals surface area contributed by atoms with Crippen LogP contribution in [0, 0.1) is 0 Å². The van der Waals surface area contributed by atoms with Crippen molar-refractivity contribution in [3.63, 3.8) is 0 Å². The number of anilines is 3. The molecule has 13 heteroatoms. The van der Waals surface area contributed by atoms with Crippen LogP contribution in [0.1, 0.15) is 31.2 Å². The van der Waals surface area contributed by atoms with Crippen LogP contribution in [0.3, 0.4) is 0 Å². The van der Waals surface area contributed by atoms with Crippen molar-refractivity contribution in [2.75, 3.05) is 41.3 Å². The largest absolute Gasteiger partial charge is 0.419 e. The number of fused-ring (bicyclic) bond motifs is 3. The maximum absolute atomic E-state index is 12.8. The number of halogens is 3. The SMILES string of the molecule is C=C(C=O)N1C2CCC1CN(c1nccn3c(N4CCC[C@@H](Nc5ncc(C(F)(F)F)cn5)C4)ncc13)C2. The molecule has 2 bridgehead atoms. The highest BCUT2D eigenvalue weighted by Gasteiger charge is 2.41. The van der Waals surface area contributed by atoms with Gasteiger partial charge in [-0.1, -0.05) is 6.58 Å². The van der Waals surface area contributed by atoms with E-state index in [1.165, 1.54) is 0 Å². The predicted octanol–water partition coefficient (Wildman–Crippen LogP) is 2.98. The summed E-state index contributed by atoms with van der Waals surface area (Å²) in [5, 5.41) is 3.17. The second-order valence-electron chi connectivity index (χ2n) is 10.1. The van der Waals surface area contributed by atoms with E-state index >= 15 is 0 Å². The van der Waals surface area contributed by atoms with Crippen molar-refractivity contribution in [3.05, 3.63) is 48.8 Å². The lowest BCUT2D eigenvalue weighted by molar-refractivity contribution is -0.138. The number of piperidine rings is 1. The van der Waals surface area contributed by atoms with Crippen LogP contribution in [-0.4, -0.2) is 79.8 Å². The molecule has 0 amide bonds. The molecule has 0 radical (unpaired) electrons. The molecule has 0 spiro atoms. The average molecular weight is 528 g/mol. The zero-order valence-corrected chi connectivity index (χ0v) is 20.7. The Kier molecular flexibility index (Phi) is 6.07. The minimum absolute atomic E-state index is 0.0382. The standard InChI is InChI=1S/C25H28F3N9O/c1-16(15-38)37-19-4-5-20(37)14-35(13-19)22-21-11-32-24(36(21)8-6-29-22)34-7-2-3-18(12-34)33-23-30-9-17(10-31-23)25(26,27)28/h6,8-11,15,18-20H,1-5,7,12-14H2,(H,30,31,33)/t18-,19?,20?/m1/s1. The lowest BCUT2D eigenvalue weighted by Gasteiger charge is -2.42. The van der Waals surface area contributed by atoms with Crippen molar-refractivity contribution < 1.29 is 18.0 Å². The van der Waals surface area contributed by atoms with E-state index < -0.39 is 11.7 Å². The van der Waals surface area contributed by atoms with E-state index in [0.717, 1.165) is 81.3 Å². The van der Waals surface area contributed by atoms with Gasteiger partial charge in [0.2, 0.25) is 11.9 Å². The Hall–Kier alpha value is -3.90. The number of carbonyl (C=O) groups is 1. The smallest absolute Gasteiger partial charge is 0.360 e. The fraction of sp³-hybridized carbons (Fsp3) is 0.480. The van der Waals surface area contributed by atoms with Gasteiger partial charge < -0.3 is 20.0 Å². The first-order valence-electron chi connectivity index (χ1n) is 12.7. The lowest BCUT2D eigenvalue weighted by Crippen LogP contribution is -2.53. The monoisotopic (exact) mass is 527 g/mol. The molecule has 3 fully saturated rings. The molecule has 38 heavy (non-hydrogen) atoms. The number of piperazine rings is 1. The molecular formula is C25H28F3N9O. The minimum Gasteiger partial charge on any atom is -0.360 e. The highest BCUT2D eigenvalue weighted by Crippen LogP contribution is 2.36. The number of hydrogen-bond acceptors (Lipinski definition) is 9. The second kappa shape index (κ2) is 9.44. The van der Waals surface area contributed by atoms with Crippen LogP contribution in [0.4, 0.5) is 30.9 Å². The van der Waals surface area contributed by atoms with E-state index in [9.17, 15) is 18.0 Å². The van der Waals surface area contributed by atoms with Crippen LogP contribution >= 0.6 is 0 Å². The van der Waals surface area contributed by atoms with Crippen LogP contribution in [0.5, 0.6) is 0 Å². The first-order chi connectivity index (χ1) is 18.3. The molecule has 6 rings (SSSR count). The Bertz CT molecular complexity index is 1330. The van der Waals surface area contributed by atoms with Gasteiger partial charge in [0, 0.05) is 69.1 Å². The zero-order chi connectivity index (χ0) is 26.4. The van der Waals surface area contributed by atoms with Gasteiger partial charge >= 0.3 is 6.18 Å². The number of carbonyl (C=O) groups excluding carboxylic acids is 1. The molecule has 0 saturated carbocycles. The first kappa shape index (κ1) is 24.4. The lowest BCUT2D eigenvalue weighted by atomic mass is 10.1. The van der Waals surface area contributed by atoms with Crippen LogP contribution in [0.2, 0.25) is 0 Å². The molecular weight excluding hydrogens is 499 g/mol. The Morgan fingerprint density at radius 3 is 2.42 bits per heavy atom. The van der Waals surface area contributed by atoms with E-state index in [1.54, 1.807) is 6.20 Å². The summed E-state index contributed by atoms with van der Waals surface area (Å²) in [6.45, 7) is 6.87. The van der Waals surface area contributed by atoms with E-state index in [2.05, 4.69) is 36.6 Å². The van der Waals surface area contributed by atoms with E-state index in [4.69, 9.17) is 9.97 Å². The molecule has 3 aromatic heterocycles. The molecule has 200 valence electrons. The van der Waals surface area contributed by atoms with Gasteiger partial charge in [0.1, 0.15) is 5.52 Å². The third kappa shape index (κ3) is 4.39. The fourth-order valence-electron chi connectivity index (χ4n) is 5.99. The topological polar surface area (TPSA) is 94.8 Å². The van der Waals surface area contributed by atoms with Gasteiger partial charge in [-0.3, -0.25) is 9.20 Å². The van der Waals surface area contributed by atoms with Gasteiger partial charge in [-0.15, -0.1) is 0 Å². The highest BCUT2D eigenvalue weighted by molar-refractivity contribution is 5.73. The highest BCUT2D eigenvalue weighted by atomic mass is 19.4. The third-order valence-electron chi connectivity index (χ3n) is 7.68. The molecule has 3 aliphatic rings. The Labute approximate surface area is 217 Å². The first-order valence-corrected chi connectivity index (χ1v) is 12.7. The van der Waals surface area contributed by atoms with E-state index in [-0.39, 0.29) is 24.1 Å². The van der Waals surface area contributed by atoms with Gasteiger partial charge in [0.15, 0.2) is 12.1 Å².